The average molecular weight is 749 g/mol. The zero-order valence-corrected chi connectivity index (χ0v) is 35.1. The molecule has 0 amide bonds. The van der Waals surface area contributed by atoms with Crippen LogP contribution < -0.4 is 0 Å². The first-order chi connectivity index (χ1) is 27.9. The fraction of sp³-hybridized carbons (Fsp3) is 0.273. The van der Waals surface area contributed by atoms with Crippen molar-refractivity contribution in [3.63, 3.8) is 0 Å². The van der Waals surface area contributed by atoms with Crippen molar-refractivity contribution in [2.75, 3.05) is 0 Å². The molecule has 0 spiro atoms. The van der Waals surface area contributed by atoms with Crippen LogP contribution in [0.25, 0.3) is 46.8 Å². The van der Waals surface area contributed by atoms with Crippen LogP contribution in [0.3, 0.4) is 0 Å². The highest BCUT2D eigenvalue weighted by Gasteiger charge is 2.21. The third kappa shape index (κ3) is 8.71. The molecule has 290 valence electrons. The Morgan fingerprint density at radius 2 is 0.807 bits per heavy atom. The van der Waals surface area contributed by atoms with Gasteiger partial charge in [0.05, 0.1) is 0 Å². The summed E-state index contributed by atoms with van der Waals surface area (Å²) in [4.78, 5) is 0. The van der Waals surface area contributed by atoms with Gasteiger partial charge in [0.1, 0.15) is 0 Å². The summed E-state index contributed by atoms with van der Waals surface area (Å²) >= 11 is 0. The van der Waals surface area contributed by atoms with E-state index in [2.05, 4.69) is 196 Å². The van der Waals surface area contributed by atoms with Gasteiger partial charge in [-0.25, -0.2) is 0 Å². The molecule has 2 nitrogen and oxygen atoms in total. The van der Waals surface area contributed by atoms with Crippen LogP contribution in [0.4, 0.5) is 0 Å². The number of hydrogen-bond donors (Lipinski definition) is 0. The van der Waals surface area contributed by atoms with Crippen LogP contribution in [-0.2, 0) is 25.7 Å². The predicted octanol–water partition coefficient (Wildman–Crippen LogP) is 14.9. The summed E-state index contributed by atoms with van der Waals surface area (Å²) in [6.07, 6.45) is 28.1. The maximum Gasteiger partial charge on any atom is 0.0494 e. The van der Waals surface area contributed by atoms with Crippen molar-refractivity contribution < 1.29 is 0 Å². The van der Waals surface area contributed by atoms with Gasteiger partial charge in [-0.15, -0.1) is 0 Å². The molecular formula is C55H60N2. The highest BCUT2D eigenvalue weighted by molar-refractivity contribution is 5.70. The molecule has 0 bridgehead atoms. The largest absolute Gasteiger partial charge is 0.310 e. The fourth-order valence-corrected chi connectivity index (χ4v) is 8.43. The van der Waals surface area contributed by atoms with Crippen LogP contribution in [0, 0.1) is 13.8 Å². The molecule has 2 aliphatic rings. The lowest BCUT2D eigenvalue weighted by Crippen LogP contribution is -2.02. The first-order valence-electron chi connectivity index (χ1n) is 21.4. The number of aromatic nitrogens is 2. The summed E-state index contributed by atoms with van der Waals surface area (Å²) in [5, 5.41) is 0. The highest BCUT2D eigenvalue weighted by Crippen LogP contribution is 2.34. The predicted molar refractivity (Wildman–Crippen MR) is 248 cm³/mol. The van der Waals surface area contributed by atoms with Gasteiger partial charge in [0, 0.05) is 34.2 Å². The first-order valence-corrected chi connectivity index (χ1v) is 21.4. The van der Waals surface area contributed by atoms with E-state index in [0.717, 1.165) is 51.4 Å². The quantitative estimate of drug-likeness (QED) is 0.125. The molecule has 0 fully saturated rings. The molecule has 2 heterocycles. The topological polar surface area (TPSA) is 9.86 Å². The van der Waals surface area contributed by atoms with Crippen LogP contribution >= 0.6 is 0 Å². The van der Waals surface area contributed by atoms with E-state index in [0.29, 0.717) is 0 Å². The van der Waals surface area contributed by atoms with Crippen LogP contribution in [0.5, 0.6) is 0 Å². The molecule has 0 aliphatic heterocycles. The van der Waals surface area contributed by atoms with Crippen LogP contribution in [0.2, 0.25) is 0 Å². The van der Waals surface area contributed by atoms with Crippen molar-refractivity contribution in [2.24, 2.45) is 0 Å². The normalized spacial score (nSPS) is 13.2. The van der Waals surface area contributed by atoms with Gasteiger partial charge in [0.2, 0.25) is 0 Å². The number of hydrogen-bond acceptors (Lipinski definition) is 0. The molecular weight excluding hydrogens is 689 g/mol. The standard InChI is InChI=1S/C52H52N2.C3H8/c1-5-7-15-49-37(3)47-13-9-11-17-51(47)53(49)45-31-23-41(24-32-45)35-39-19-27-43(28-20-39)44-29-21-40(22-30-44)36-42-25-33-46(34-26-42)54-50(16-8-6-2)38(4)48-14-10-12-18-52(48)54;1-3-2/h7-8,11-12,15-34H,5-6,9-10,13-14,35-36H2,1-4H3;3H2,1-2H3/b15-7-,16-8-;. The maximum absolute atomic E-state index is 2.45. The molecule has 8 rings (SSSR count). The molecule has 0 N–H and O–H groups in total. The summed E-state index contributed by atoms with van der Waals surface area (Å²) in [5.74, 6) is 0. The Balaban J connectivity index is 0.00000160. The minimum Gasteiger partial charge on any atom is -0.310 e. The number of benzene rings is 4. The summed E-state index contributed by atoms with van der Waals surface area (Å²) < 4.78 is 4.89. The van der Waals surface area contributed by atoms with Crippen molar-refractivity contribution in [3.8, 4) is 22.5 Å². The van der Waals surface area contributed by atoms with E-state index in [-0.39, 0.29) is 0 Å². The zero-order chi connectivity index (χ0) is 39.7. The molecule has 0 unspecified atom stereocenters. The molecule has 0 saturated carbocycles. The van der Waals surface area contributed by atoms with Gasteiger partial charge in [0.25, 0.3) is 0 Å². The summed E-state index contributed by atoms with van der Waals surface area (Å²) in [6, 6.07) is 36.6. The molecule has 4 aromatic carbocycles. The molecule has 2 heteroatoms. The second-order valence-electron chi connectivity index (χ2n) is 15.7. The van der Waals surface area contributed by atoms with Gasteiger partial charge < -0.3 is 9.13 Å². The second kappa shape index (κ2) is 18.6. The van der Waals surface area contributed by atoms with E-state index in [4.69, 9.17) is 0 Å². The zero-order valence-electron chi connectivity index (χ0n) is 35.1. The number of nitrogens with zero attached hydrogens (tertiary/aromatic N) is 2. The van der Waals surface area contributed by atoms with Crippen LogP contribution in [0.15, 0.2) is 121 Å². The van der Waals surface area contributed by atoms with Crippen LogP contribution in [-0.4, -0.2) is 9.13 Å². The molecule has 2 aromatic heterocycles. The minimum atomic E-state index is 0.920. The second-order valence-corrected chi connectivity index (χ2v) is 15.7. The number of fused-ring (bicyclic) bond motifs is 2. The Kier molecular flexibility index (Phi) is 12.9. The first kappa shape index (κ1) is 39.6. The van der Waals surface area contributed by atoms with Gasteiger partial charge in [-0.2, -0.15) is 0 Å². The lowest BCUT2D eigenvalue weighted by atomic mass is 9.98. The average Bonchev–Trinajstić information content (AvgIpc) is 3.69. The van der Waals surface area contributed by atoms with Crippen molar-refractivity contribution in [2.45, 2.75) is 99.3 Å². The van der Waals surface area contributed by atoms with E-state index < -0.39 is 0 Å². The fourth-order valence-electron chi connectivity index (χ4n) is 8.43. The van der Waals surface area contributed by atoms with Crippen LogP contribution in [0.1, 0.15) is 127 Å². The highest BCUT2D eigenvalue weighted by atomic mass is 15.0. The summed E-state index contributed by atoms with van der Waals surface area (Å²) in [6.45, 7) is 13.2. The molecule has 57 heavy (non-hydrogen) atoms. The lowest BCUT2D eigenvalue weighted by molar-refractivity contribution is 0.952. The smallest absolute Gasteiger partial charge is 0.0494 e. The summed E-state index contributed by atoms with van der Waals surface area (Å²) in [7, 11) is 0. The monoisotopic (exact) mass is 748 g/mol. The Bertz CT molecular complexity index is 2210. The van der Waals surface area contributed by atoms with Crippen molar-refractivity contribution in [1.82, 2.24) is 9.13 Å². The number of allylic oxidation sites excluding steroid dienone is 4. The lowest BCUT2D eigenvalue weighted by Gasteiger charge is -2.14. The third-order valence-corrected chi connectivity index (χ3v) is 11.4. The Morgan fingerprint density at radius 1 is 0.474 bits per heavy atom. The minimum absolute atomic E-state index is 0.920. The van der Waals surface area contributed by atoms with E-state index in [1.807, 2.05) is 0 Å². The molecule has 0 radical (unpaired) electrons. The van der Waals surface area contributed by atoms with E-state index in [9.17, 15) is 0 Å². The third-order valence-electron chi connectivity index (χ3n) is 11.4. The van der Waals surface area contributed by atoms with Gasteiger partial charge in [-0.1, -0.05) is 131 Å². The molecule has 0 atom stereocenters. The molecule has 2 aliphatic carbocycles. The molecule has 0 saturated heterocycles. The van der Waals surface area contributed by atoms with E-state index >= 15 is 0 Å². The van der Waals surface area contributed by atoms with Crippen molar-refractivity contribution in [1.29, 1.82) is 0 Å². The Labute approximate surface area is 342 Å². The molecule has 6 aromatic rings. The SMILES string of the molecule is CC/C=C\c1c(C)c2c(n1-c1ccc(Cc3ccc(-c4ccc(Cc5ccc(-n6c7c(c(C)c6/C=C\CC)CCC=C7)cc5)cc4)cc3)cc1)C=CCC2.CCC. The van der Waals surface area contributed by atoms with Gasteiger partial charge in [-0.3, -0.25) is 0 Å². The number of rotatable bonds is 11. The van der Waals surface area contributed by atoms with Crippen molar-refractivity contribution >= 4 is 24.3 Å². The van der Waals surface area contributed by atoms with Gasteiger partial charge in [0.15, 0.2) is 0 Å². The Morgan fingerprint density at radius 3 is 1.14 bits per heavy atom. The maximum atomic E-state index is 2.45. The van der Waals surface area contributed by atoms with Gasteiger partial charge in [-0.05, 0) is 169 Å². The van der Waals surface area contributed by atoms with E-state index in [1.165, 1.54) is 96.2 Å². The van der Waals surface area contributed by atoms with Crippen molar-refractivity contribution in [3.05, 3.63) is 189 Å². The van der Waals surface area contributed by atoms with E-state index in [1.54, 1.807) is 0 Å². The van der Waals surface area contributed by atoms with Gasteiger partial charge >= 0.3 is 0 Å². The Hall–Kier alpha value is -5.60. The summed E-state index contributed by atoms with van der Waals surface area (Å²) in [5.41, 5.74) is 21.4.